The molecule has 0 radical (unpaired) electrons. The summed E-state index contributed by atoms with van der Waals surface area (Å²) in [6, 6.07) is 4.02. The number of amides is 1. The highest BCUT2D eigenvalue weighted by Gasteiger charge is 2.35. The maximum absolute atomic E-state index is 12.9. The van der Waals surface area contributed by atoms with Crippen molar-refractivity contribution in [3.05, 3.63) is 24.0 Å². The summed E-state index contributed by atoms with van der Waals surface area (Å²) >= 11 is 0. The predicted molar refractivity (Wildman–Crippen MR) is 115 cm³/mol. The van der Waals surface area contributed by atoms with Crippen molar-refractivity contribution in [2.45, 2.75) is 71.4 Å². The van der Waals surface area contributed by atoms with Gasteiger partial charge in [-0.05, 0) is 71.4 Å². The van der Waals surface area contributed by atoms with Gasteiger partial charge in [0.05, 0.1) is 36.6 Å². The number of piperidine rings is 1. The summed E-state index contributed by atoms with van der Waals surface area (Å²) in [4.78, 5) is 33.2. The molecule has 1 atom stereocenters. The van der Waals surface area contributed by atoms with Gasteiger partial charge < -0.3 is 19.3 Å². The Labute approximate surface area is 179 Å². The zero-order chi connectivity index (χ0) is 21.7. The van der Waals surface area contributed by atoms with E-state index in [9.17, 15) is 9.59 Å². The van der Waals surface area contributed by atoms with Crippen molar-refractivity contribution < 1.29 is 19.1 Å². The van der Waals surface area contributed by atoms with E-state index in [-0.39, 0.29) is 24.5 Å². The Morgan fingerprint density at radius 3 is 2.60 bits per heavy atom. The number of hydrogen-bond donors (Lipinski definition) is 0. The van der Waals surface area contributed by atoms with Gasteiger partial charge in [0.25, 0.3) is 0 Å². The van der Waals surface area contributed by atoms with Crippen LogP contribution in [-0.4, -0.2) is 59.8 Å². The van der Waals surface area contributed by atoms with E-state index < -0.39 is 5.60 Å². The molecule has 0 bridgehead atoms. The third kappa shape index (κ3) is 6.61. The van der Waals surface area contributed by atoms with Gasteiger partial charge in [0.15, 0.2) is 0 Å². The van der Waals surface area contributed by atoms with E-state index in [1.54, 1.807) is 6.92 Å². The molecule has 1 aliphatic heterocycles. The first kappa shape index (κ1) is 22.4. The lowest BCUT2D eigenvalue weighted by atomic mass is 10.0. The highest BCUT2D eigenvalue weighted by Crippen LogP contribution is 2.32. The molecule has 1 amide bonds. The van der Waals surface area contributed by atoms with Crippen LogP contribution in [0.2, 0.25) is 0 Å². The second-order valence-corrected chi connectivity index (χ2v) is 9.31. The lowest BCUT2D eigenvalue weighted by Gasteiger charge is -2.40. The molecule has 1 aliphatic carbocycles. The molecule has 2 fully saturated rings. The van der Waals surface area contributed by atoms with Gasteiger partial charge >= 0.3 is 12.1 Å². The molecule has 7 nitrogen and oxygen atoms in total. The van der Waals surface area contributed by atoms with Crippen LogP contribution >= 0.6 is 0 Å². The summed E-state index contributed by atoms with van der Waals surface area (Å²) in [5.74, 6) is 0.348. The molecule has 30 heavy (non-hydrogen) atoms. The zero-order valence-electron chi connectivity index (χ0n) is 18.7. The molecule has 166 valence electrons. The van der Waals surface area contributed by atoms with Crippen LogP contribution in [0.4, 0.5) is 10.5 Å². The van der Waals surface area contributed by atoms with Crippen LogP contribution in [0.15, 0.2) is 18.3 Å². The van der Waals surface area contributed by atoms with Crippen LogP contribution in [0, 0.1) is 5.92 Å². The van der Waals surface area contributed by atoms with Crippen molar-refractivity contribution >= 4 is 17.7 Å². The maximum Gasteiger partial charge on any atom is 0.410 e. The molecule has 0 spiro atoms. The highest BCUT2D eigenvalue weighted by atomic mass is 16.6. The first-order chi connectivity index (χ1) is 14.2. The summed E-state index contributed by atoms with van der Waals surface area (Å²) in [5, 5.41) is 0. The number of hydrogen-bond acceptors (Lipinski definition) is 6. The number of ether oxygens (including phenoxy) is 2. The summed E-state index contributed by atoms with van der Waals surface area (Å²) < 4.78 is 10.7. The minimum atomic E-state index is -0.494. The number of anilines is 1. The number of rotatable bonds is 7. The second kappa shape index (κ2) is 9.67. The van der Waals surface area contributed by atoms with Crippen LogP contribution in [0.5, 0.6) is 0 Å². The van der Waals surface area contributed by atoms with Gasteiger partial charge in [-0.2, -0.15) is 0 Å². The van der Waals surface area contributed by atoms with Gasteiger partial charge in [0.1, 0.15) is 5.60 Å². The minimum absolute atomic E-state index is 0.133. The molecule has 1 aromatic rings. The summed E-state index contributed by atoms with van der Waals surface area (Å²) in [6.45, 7) is 10.4. The molecular weight excluding hydrogens is 382 g/mol. The number of esters is 1. The molecule has 7 heteroatoms. The van der Waals surface area contributed by atoms with E-state index in [0.29, 0.717) is 18.2 Å². The van der Waals surface area contributed by atoms with Crippen molar-refractivity contribution in [1.82, 2.24) is 9.88 Å². The molecule has 2 heterocycles. The van der Waals surface area contributed by atoms with E-state index in [4.69, 9.17) is 9.47 Å². The van der Waals surface area contributed by atoms with Crippen molar-refractivity contribution in [3.63, 3.8) is 0 Å². The number of nitrogens with zero attached hydrogens (tertiary/aromatic N) is 3. The largest absolute Gasteiger partial charge is 0.466 e. The SMILES string of the molecule is CCOC(=O)Cc1ccc(N2CCC[C@@H](N(CC3CC3)C(=O)OC(C)(C)C)C2)cn1. The third-order valence-corrected chi connectivity index (χ3v) is 5.42. The van der Waals surface area contributed by atoms with E-state index in [1.165, 1.54) is 12.8 Å². The summed E-state index contributed by atoms with van der Waals surface area (Å²) in [5.41, 5.74) is 1.23. The molecule has 1 saturated heterocycles. The van der Waals surface area contributed by atoms with Crippen LogP contribution in [-0.2, 0) is 20.7 Å². The van der Waals surface area contributed by atoms with E-state index in [0.717, 1.165) is 38.2 Å². The van der Waals surface area contributed by atoms with Gasteiger partial charge in [0.2, 0.25) is 0 Å². The first-order valence-corrected chi connectivity index (χ1v) is 11.1. The van der Waals surface area contributed by atoms with Gasteiger partial charge in [-0.25, -0.2) is 4.79 Å². The number of carbonyl (C=O) groups excluding carboxylic acids is 2. The Balaban J connectivity index is 1.65. The van der Waals surface area contributed by atoms with Crippen molar-refractivity contribution in [2.75, 3.05) is 31.1 Å². The molecule has 3 rings (SSSR count). The third-order valence-electron chi connectivity index (χ3n) is 5.42. The van der Waals surface area contributed by atoms with E-state index >= 15 is 0 Å². The molecule has 2 aliphatic rings. The fraction of sp³-hybridized carbons (Fsp3) is 0.696. The van der Waals surface area contributed by atoms with Gasteiger partial charge in [0, 0.05) is 19.6 Å². The Morgan fingerprint density at radius 2 is 2.00 bits per heavy atom. The molecule has 0 N–H and O–H groups in total. The fourth-order valence-electron chi connectivity index (χ4n) is 3.78. The monoisotopic (exact) mass is 417 g/mol. The molecule has 1 aromatic heterocycles. The average molecular weight is 418 g/mol. The number of pyridine rings is 1. The van der Waals surface area contributed by atoms with Crippen molar-refractivity contribution in [1.29, 1.82) is 0 Å². The Hall–Kier alpha value is -2.31. The van der Waals surface area contributed by atoms with Gasteiger partial charge in [-0.3, -0.25) is 9.78 Å². The van der Waals surface area contributed by atoms with Gasteiger partial charge in [-0.15, -0.1) is 0 Å². The predicted octanol–water partition coefficient (Wildman–Crippen LogP) is 3.80. The Kier molecular flexibility index (Phi) is 7.21. The molecule has 1 saturated carbocycles. The Morgan fingerprint density at radius 1 is 1.23 bits per heavy atom. The lowest BCUT2D eigenvalue weighted by molar-refractivity contribution is -0.142. The van der Waals surface area contributed by atoms with E-state index in [2.05, 4.69) is 9.88 Å². The van der Waals surface area contributed by atoms with Crippen molar-refractivity contribution in [2.24, 2.45) is 5.92 Å². The second-order valence-electron chi connectivity index (χ2n) is 9.31. The summed E-state index contributed by atoms with van der Waals surface area (Å²) in [6.07, 6.45) is 6.18. The normalized spacial score (nSPS) is 19.3. The van der Waals surface area contributed by atoms with Crippen LogP contribution in [0.1, 0.15) is 59.1 Å². The quantitative estimate of drug-likeness (QED) is 0.629. The topological polar surface area (TPSA) is 72.0 Å². The zero-order valence-corrected chi connectivity index (χ0v) is 18.7. The fourth-order valence-corrected chi connectivity index (χ4v) is 3.78. The van der Waals surface area contributed by atoms with Crippen molar-refractivity contribution in [3.8, 4) is 0 Å². The minimum Gasteiger partial charge on any atom is -0.466 e. The summed E-state index contributed by atoms with van der Waals surface area (Å²) in [7, 11) is 0. The van der Waals surface area contributed by atoms with Crippen LogP contribution < -0.4 is 4.90 Å². The highest BCUT2D eigenvalue weighted by molar-refractivity contribution is 5.72. The maximum atomic E-state index is 12.9. The van der Waals surface area contributed by atoms with Gasteiger partial charge in [-0.1, -0.05) is 0 Å². The van der Waals surface area contributed by atoms with Crippen LogP contribution in [0.25, 0.3) is 0 Å². The molecule has 0 unspecified atom stereocenters. The van der Waals surface area contributed by atoms with Crippen LogP contribution in [0.3, 0.4) is 0 Å². The smallest absolute Gasteiger partial charge is 0.410 e. The van der Waals surface area contributed by atoms with E-state index in [1.807, 2.05) is 44.0 Å². The Bertz CT molecular complexity index is 725. The number of carbonyl (C=O) groups is 2. The average Bonchev–Trinajstić information content (AvgIpc) is 3.50. The molecular formula is C23H35N3O4. The number of aromatic nitrogens is 1. The molecule has 0 aromatic carbocycles. The standard InChI is InChI=1S/C23H35N3O4/c1-5-29-21(27)13-18-10-11-19(14-24-18)25-12-6-7-20(16-25)26(15-17-8-9-17)22(28)30-23(2,3)4/h10-11,14,17,20H,5-9,12-13,15-16H2,1-4H3/t20-/m1/s1. The lowest BCUT2D eigenvalue weighted by Crippen LogP contribution is -2.52. The first-order valence-electron chi connectivity index (χ1n) is 11.1.